The smallest absolute Gasteiger partial charge is 0.118 e. The quantitative estimate of drug-likeness (QED) is 0.794. The fourth-order valence-electron chi connectivity index (χ4n) is 1.38. The maximum absolute atomic E-state index is 5.93. The Bertz CT molecular complexity index is 268. The molecule has 0 saturated carbocycles. The van der Waals surface area contributed by atoms with Gasteiger partial charge in [-0.3, -0.25) is 0 Å². The van der Waals surface area contributed by atoms with Crippen molar-refractivity contribution in [2.45, 2.75) is 25.3 Å². The number of nitrogens with two attached hydrogens (primary N) is 1. The minimum atomic E-state index is 0.128. The van der Waals surface area contributed by atoms with E-state index in [9.17, 15) is 0 Å². The van der Waals surface area contributed by atoms with Crippen LogP contribution in [0.2, 0.25) is 0 Å². The molecule has 1 aromatic rings. The lowest BCUT2D eigenvalue weighted by atomic mass is 9.92. The summed E-state index contributed by atoms with van der Waals surface area (Å²) in [5, 5.41) is 0. The van der Waals surface area contributed by atoms with Crippen molar-refractivity contribution in [1.29, 1.82) is 0 Å². The third-order valence-electron chi connectivity index (χ3n) is 2.53. The summed E-state index contributed by atoms with van der Waals surface area (Å²) < 4.78 is 5.08. The van der Waals surface area contributed by atoms with Crippen LogP contribution in [0.5, 0.6) is 5.75 Å². The predicted molar refractivity (Wildman–Crippen MR) is 59.4 cm³/mol. The van der Waals surface area contributed by atoms with E-state index >= 15 is 0 Å². The maximum atomic E-state index is 5.93. The molecular weight excluding hydrogens is 174 g/mol. The zero-order chi connectivity index (χ0) is 10.6. The van der Waals surface area contributed by atoms with E-state index in [1.807, 2.05) is 24.3 Å². The molecule has 14 heavy (non-hydrogen) atoms. The van der Waals surface area contributed by atoms with E-state index in [0.29, 0.717) is 0 Å². The normalized spacial score (nSPS) is 14.9. The molecule has 1 rings (SSSR count). The van der Waals surface area contributed by atoms with Gasteiger partial charge in [0, 0.05) is 6.04 Å². The van der Waals surface area contributed by atoms with Crippen molar-refractivity contribution in [3.05, 3.63) is 36.8 Å². The van der Waals surface area contributed by atoms with Gasteiger partial charge >= 0.3 is 0 Å². The number of benzene rings is 1. The first-order chi connectivity index (χ1) is 6.69. The van der Waals surface area contributed by atoms with Gasteiger partial charge in [0.2, 0.25) is 0 Å². The molecule has 77 valence electrons. The van der Waals surface area contributed by atoms with Gasteiger partial charge in [-0.2, -0.15) is 0 Å². The van der Waals surface area contributed by atoms with Crippen LogP contribution in [0.3, 0.4) is 0 Å². The van der Waals surface area contributed by atoms with Crippen molar-refractivity contribution in [1.82, 2.24) is 0 Å². The number of rotatable bonds is 4. The molecule has 2 atom stereocenters. The summed E-state index contributed by atoms with van der Waals surface area (Å²) in [5.74, 6) is 1.02. The Morgan fingerprint density at radius 3 is 2.36 bits per heavy atom. The Balaban J connectivity index is 2.75. The van der Waals surface area contributed by atoms with Crippen molar-refractivity contribution >= 4 is 0 Å². The highest BCUT2D eigenvalue weighted by molar-refractivity contribution is 5.30. The summed E-state index contributed by atoms with van der Waals surface area (Å²) in [5.41, 5.74) is 7.09. The van der Waals surface area contributed by atoms with Crippen molar-refractivity contribution in [3.63, 3.8) is 0 Å². The monoisotopic (exact) mass is 192 g/mol. The van der Waals surface area contributed by atoms with Crippen LogP contribution in [-0.2, 0) is 0 Å². The van der Waals surface area contributed by atoms with E-state index in [-0.39, 0.29) is 12.0 Å². The molecule has 0 aliphatic rings. The third-order valence-corrected chi connectivity index (χ3v) is 2.53. The minimum Gasteiger partial charge on any atom is -0.497 e. The van der Waals surface area contributed by atoms with Gasteiger partial charge in [0.15, 0.2) is 0 Å². The van der Waals surface area contributed by atoms with Crippen LogP contribution < -0.4 is 10.5 Å². The first kappa shape index (κ1) is 11.1. The molecule has 1 aromatic carbocycles. The molecule has 2 heteroatoms. The highest BCUT2D eigenvalue weighted by Gasteiger charge is 2.12. The summed E-state index contributed by atoms with van der Waals surface area (Å²) in [7, 11) is 1.66. The van der Waals surface area contributed by atoms with Gasteiger partial charge in [-0.1, -0.05) is 19.1 Å². The fourth-order valence-corrected chi connectivity index (χ4v) is 1.38. The van der Waals surface area contributed by atoms with Crippen LogP contribution in [0, 0.1) is 6.92 Å². The second kappa shape index (κ2) is 5.01. The van der Waals surface area contributed by atoms with Gasteiger partial charge < -0.3 is 10.5 Å². The SMILES string of the molecule is [CH2]C(c1ccc(OC)cc1)C(N)CC. The summed E-state index contributed by atoms with van der Waals surface area (Å²) in [6, 6.07) is 8.05. The molecule has 0 saturated heterocycles. The van der Waals surface area contributed by atoms with E-state index in [2.05, 4.69) is 13.8 Å². The number of ether oxygens (including phenoxy) is 1. The molecule has 1 radical (unpaired) electrons. The summed E-state index contributed by atoms with van der Waals surface area (Å²) >= 11 is 0. The van der Waals surface area contributed by atoms with Gasteiger partial charge in [0.25, 0.3) is 0 Å². The third kappa shape index (κ3) is 2.48. The van der Waals surface area contributed by atoms with Crippen LogP contribution in [0.1, 0.15) is 24.8 Å². The van der Waals surface area contributed by atoms with Gasteiger partial charge in [-0.15, -0.1) is 0 Å². The van der Waals surface area contributed by atoms with Gasteiger partial charge in [-0.25, -0.2) is 0 Å². The molecule has 0 aliphatic heterocycles. The van der Waals surface area contributed by atoms with Crippen molar-refractivity contribution in [2.24, 2.45) is 5.73 Å². The van der Waals surface area contributed by atoms with Crippen LogP contribution >= 0.6 is 0 Å². The Morgan fingerprint density at radius 2 is 1.93 bits per heavy atom. The first-order valence-electron chi connectivity index (χ1n) is 4.91. The Labute approximate surface area is 86.1 Å². The van der Waals surface area contributed by atoms with Crippen LogP contribution in [0.4, 0.5) is 0 Å². The average Bonchev–Trinajstić information content (AvgIpc) is 2.27. The van der Waals surface area contributed by atoms with Crippen LogP contribution in [0.15, 0.2) is 24.3 Å². The summed E-state index contributed by atoms with van der Waals surface area (Å²) in [4.78, 5) is 0. The number of methoxy groups -OCH3 is 1. The molecule has 0 spiro atoms. The lowest BCUT2D eigenvalue weighted by molar-refractivity contribution is 0.414. The largest absolute Gasteiger partial charge is 0.497 e. The molecular formula is C12H18NO. The van der Waals surface area contributed by atoms with Crippen LogP contribution in [0.25, 0.3) is 0 Å². The van der Waals surface area contributed by atoms with Crippen LogP contribution in [-0.4, -0.2) is 13.2 Å². The molecule has 2 nitrogen and oxygen atoms in total. The number of hydrogen-bond donors (Lipinski definition) is 1. The molecule has 0 aromatic heterocycles. The lowest BCUT2D eigenvalue weighted by Gasteiger charge is -2.18. The molecule has 0 fully saturated rings. The Kier molecular flexibility index (Phi) is 3.96. The van der Waals surface area contributed by atoms with E-state index in [1.165, 1.54) is 5.56 Å². The fraction of sp³-hybridized carbons (Fsp3) is 0.417. The zero-order valence-electron chi connectivity index (χ0n) is 8.86. The van der Waals surface area contributed by atoms with E-state index < -0.39 is 0 Å². The highest BCUT2D eigenvalue weighted by atomic mass is 16.5. The van der Waals surface area contributed by atoms with Crippen molar-refractivity contribution < 1.29 is 4.74 Å². The standard InChI is InChI=1S/C12H18NO/c1-4-12(13)9(2)10-5-7-11(14-3)8-6-10/h5-9,12H,2,4,13H2,1,3H3. The number of hydrogen-bond acceptors (Lipinski definition) is 2. The Hall–Kier alpha value is -1.02. The second-order valence-electron chi connectivity index (χ2n) is 3.45. The predicted octanol–water partition coefficient (Wildman–Crippen LogP) is 2.35. The van der Waals surface area contributed by atoms with Gasteiger partial charge in [0.1, 0.15) is 5.75 Å². The second-order valence-corrected chi connectivity index (χ2v) is 3.45. The van der Waals surface area contributed by atoms with Crippen molar-refractivity contribution in [2.75, 3.05) is 7.11 Å². The van der Waals surface area contributed by atoms with Crippen molar-refractivity contribution in [3.8, 4) is 5.75 Å². The molecule has 0 amide bonds. The maximum Gasteiger partial charge on any atom is 0.118 e. The lowest BCUT2D eigenvalue weighted by Crippen LogP contribution is -2.25. The Morgan fingerprint density at radius 1 is 1.36 bits per heavy atom. The van der Waals surface area contributed by atoms with E-state index in [1.54, 1.807) is 7.11 Å². The highest BCUT2D eigenvalue weighted by Crippen LogP contribution is 2.21. The topological polar surface area (TPSA) is 35.2 Å². The summed E-state index contributed by atoms with van der Waals surface area (Å²) in [6.45, 7) is 6.14. The summed E-state index contributed by atoms with van der Waals surface area (Å²) in [6.07, 6.45) is 0.945. The molecule has 2 unspecified atom stereocenters. The molecule has 0 aliphatic carbocycles. The van der Waals surface area contributed by atoms with Gasteiger partial charge in [0.05, 0.1) is 7.11 Å². The van der Waals surface area contributed by atoms with E-state index in [4.69, 9.17) is 10.5 Å². The zero-order valence-corrected chi connectivity index (χ0v) is 8.86. The minimum absolute atomic E-state index is 0.128. The molecule has 2 N–H and O–H groups in total. The average molecular weight is 192 g/mol. The van der Waals surface area contributed by atoms with E-state index in [0.717, 1.165) is 12.2 Å². The van der Waals surface area contributed by atoms with Gasteiger partial charge in [-0.05, 0) is 37.0 Å². The molecule has 0 heterocycles. The molecule has 0 bridgehead atoms. The first-order valence-corrected chi connectivity index (χ1v) is 4.91.